The highest BCUT2D eigenvalue weighted by atomic mass is 32.2. The summed E-state index contributed by atoms with van der Waals surface area (Å²) in [5, 5.41) is 4.16. The van der Waals surface area contributed by atoms with E-state index in [1.807, 2.05) is 13.0 Å². The Kier molecular flexibility index (Phi) is 5.20. The molecule has 4 rings (SSSR count). The van der Waals surface area contributed by atoms with Crippen LogP contribution in [0.1, 0.15) is 11.4 Å². The standard InChI is InChI=1S/C21H19N5O3S/c1-15-5-3-6-19(13-15)30(27,28)25-17-7-9-18(10-8-17)29-21-14-20(23-16(2)24-21)26-12-4-11-22-26/h3-14,25H,1-2H3. The Morgan fingerprint density at radius 1 is 0.967 bits per heavy atom. The van der Waals surface area contributed by atoms with Gasteiger partial charge in [0.1, 0.15) is 11.6 Å². The van der Waals surface area contributed by atoms with E-state index in [1.165, 1.54) is 0 Å². The summed E-state index contributed by atoms with van der Waals surface area (Å²) in [5.74, 6) is 2.00. The summed E-state index contributed by atoms with van der Waals surface area (Å²) in [5.41, 5.74) is 1.30. The van der Waals surface area contributed by atoms with E-state index in [0.717, 1.165) is 5.56 Å². The van der Waals surface area contributed by atoms with E-state index >= 15 is 0 Å². The van der Waals surface area contributed by atoms with Gasteiger partial charge in [-0.2, -0.15) is 10.1 Å². The Morgan fingerprint density at radius 3 is 2.47 bits per heavy atom. The van der Waals surface area contributed by atoms with Crippen molar-refractivity contribution in [3.63, 3.8) is 0 Å². The van der Waals surface area contributed by atoms with E-state index in [0.29, 0.717) is 29.0 Å². The molecule has 0 amide bonds. The normalized spacial score (nSPS) is 11.3. The van der Waals surface area contributed by atoms with Crippen LogP contribution in [0.2, 0.25) is 0 Å². The molecule has 0 bridgehead atoms. The van der Waals surface area contributed by atoms with E-state index in [-0.39, 0.29) is 4.90 Å². The fraction of sp³-hybridized carbons (Fsp3) is 0.0952. The highest BCUT2D eigenvalue weighted by Gasteiger charge is 2.14. The van der Waals surface area contributed by atoms with Crippen LogP contribution < -0.4 is 9.46 Å². The predicted octanol–water partition coefficient (Wildman–Crippen LogP) is 3.87. The van der Waals surface area contributed by atoms with Crippen molar-refractivity contribution in [2.45, 2.75) is 18.7 Å². The van der Waals surface area contributed by atoms with Gasteiger partial charge in [-0.25, -0.2) is 18.1 Å². The number of aryl methyl sites for hydroxylation is 2. The maximum absolute atomic E-state index is 12.5. The number of hydrogen-bond donors (Lipinski definition) is 1. The second-order valence-electron chi connectivity index (χ2n) is 6.61. The number of benzene rings is 2. The van der Waals surface area contributed by atoms with Crippen LogP contribution >= 0.6 is 0 Å². The number of nitrogens with zero attached hydrogens (tertiary/aromatic N) is 4. The Bertz CT molecular complexity index is 1270. The summed E-state index contributed by atoms with van der Waals surface area (Å²) in [6, 6.07) is 16.8. The molecule has 0 spiro atoms. The highest BCUT2D eigenvalue weighted by Crippen LogP contribution is 2.24. The van der Waals surface area contributed by atoms with Crippen molar-refractivity contribution in [2.75, 3.05) is 4.72 Å². The molecule has 30 heavy (non-hydrogen) atoms. The number of aromatic nitrogens is 4. The van der Waals surface area contributed by atoms with Crippen molar-refractivity contribution in [1.29, 1.82) is 0 Å². The number of rotatable bonds is 6. The lowest BCUT2D eigenvalue weighted by Gasteiger charge is -2.10. The topological polar surface area (TPSA) is 99.0 Å². The molecule has 2 heterocycles. The number of ether oxygens (including phenoxy) is 1. The van der Waals surface area contributed by atoms with Gasteiger partial charge < -0.3 is 4.74 Å². The Labute approximate surface area is 174 Å². The van der Waals surface area contributed by atoms with Crippen LogP contribution in [-0.2, 0) is 10.0 Å². The summed E-state index contributed by atoms with van der Waals surface area (Å²) in [4.78, 5) is 8.84. The maximum atomic E-state index is 12.5. The van der Waals surface area contributed by atoms with E-state index < -0.39 is 10.0 Å². The number of sulfonamides is 1. The molecule has 0 aliphatic rings. The Hall–Kier alpha value is -3.72. The van der Waals surface area contributed by atoms with Gasteiger partial charge in [0.2, 0.25) is 5.88 Å². The fourth-order valence-corrected chi connectivity index (χ4v) is 3.97. The molecule has 4 aromatic rings. The minimum absolute atomic E-state index is 0.213. The molecule has 0 fully saturated rings. The summed E-state index contributed by atoms with van der Waals surface area (Å²) in [7, 11) is -3.67. The molecule has 1 N–H and O–H groups in total. The van der Waals surface area contributed by atoms with Crippen LogP contribution in [-0.4, -0.2) is 28.2 Å². The van der Waals surface area contributed by atoms with Gasteiger partial charge in [0.25, 0.3) is 10.0 Å². The van der Waals surface area contributed by atoms with Crippen molar-refractivity contribution in [3.05, 3.63) is 84.4 Å². The monoisotopic (exact) mass is 421 g/mol. The molecule has 2 aromatic carbocycles. The molecule has 0 aliphatic heterocycles. The quantitative estimate of drug-likeness (QED) is 0.507. The summed E-state index contributed by atoms with van der Waals surface area (Å²) in [6.07, 6.45) is 3.44. The minimum Gasteiger partial charge on any atom is -0.439 e. The second-order valence-corrected chi connectivity index (χ2v) is 8.29. The van der Waals surface area contributed by atoms with Gasteiger partial charge in [-0.15, -0.1) is 0 Å². The van der Waals surface area contributed by atoms with Gasteiger partial charge in [-0.05, 0) is 61.9 Å². The number of anilines is 1. The number of hydrogen-bond acceptors (Lipinski definition) is 6. The highest BCUT2D eigenvalue weighted by molar-refractivity contribution is 7.92. The van der Waals surface area contributed by atoms with Gasteiger partial charge in [0.15, 0.2) is 5.82 Å². The lowest BCUT2D eigenvalue weighted by Crippen LogP contribution is -2.12. The first-order chi connectivity index (χ1) is 14.4. The van der Waals surface area contributed by atoms with Crippen LogP contribution in [0.5, 0.6) is 11.6 Å². The molecular weight excluding hydrogens is 402 g/mol. The third kappa shape index (κ3) is 4.47. The molecule has 152 valence electrons. The zero-order chi connectivity index (χ0) is 21.1. The van der Waals surface area contributed by atoms with Gasteiger partial charge in [0, 0.05) is 24.1 Å². The van der Waals surface area contributed by atoms with E-state index in [2.05, 4.69) is 19.8 Å². The van der Waals surface area contributed by atoms with Crippen molar-refractivity contribution in [1.82, 2.24) is 19.7 Å². The molecule has 0 saturated carbocycles. The fourth-order valence-electron chi connectivity index (χ4n) is 2.81. The summed E-state index contributed by atoms with van der Waals surface area (Å²) >= 11 is 0. The maximum Gasteiger partial charge on any atom is 0.261 e. The van der Waals surface area contributed by atoms with Gasteiger partial charge >= 0.3 is 0 Å². The van der Waals surface area contributed by atoms with Crippen LogP contribution in [0.25, 0.3) is 5.82 Å². The Balaban J connectivity index is 1.51. The molecule has 0 aliphatic carbocycles. The zero-order valence-corrected chi connectivity index (χ0v) is 17.2. The molecule has 0 unspecified atom stereocenters. The third-order valence-corrected chi connectivity index (χ3v) is 5.55. The summed E-state index contributed by atoms with van der Waals surface area (Å²) in [6.45, 7) is 3.61. The van der Waals surface area contributed by atoms with Gasteiger partial charge in [-0.3, -0.25) is 4.72 Å². The molecule has 0 radical (unpaired) electrons. The number of nitrogens with one attached hydrogen (secondary N) is 1. The van der Waals surface area contributed by atoms with E-state index in [1.54, 1.807) is 78.6 Å². The Morgan fingerprint density at radius 2 is 1.77 bits per heavy atom. The molecular formula is C21H19N5O3S. The molecule has 2 aromatic heterocycles. The molecule has 8 nitrogen and oxygen atoms in total. The van der Waals surface area contributed by atoms with Crippen molar-refractivity contribution in [2.24, 2.45) is 0 Å². The minimum atomic E-state index is -3.67. The van der Waals surface area contributed by atoms with E-state index in [4.69, 9.17) is 4.74 Å². The van der Waals surface area contributed by atoms with Crippen molar-refractivity contribution in [3.8, 4) is 17.4 Å². The third-order valence-electron chi connectivity index (χ3n) is 4.17. The average molecular weight is 421 g/mol. The lowest BCUT2D eigenvalue weighted by molar-refractivity contribution is 0.459. The molecule has 0 saturated heterocycles. The van der Waals surface area contributed by atoms with Crippen LogP contribution in [0.4, 0.5) is 5.69 Å². The average Bonchev–Trinajstić information content (AvgIpc) is 3.24. The first kappa shape index (κ1) is 19.6. The SMILES string of the molecule is Cc1cccc(S(=O)(=O)Nc2ccc(Oc3cc(-n4cccn4)nc(C)n3)cc2)c1. The summed E-state index contributed by atoms with van der Waals surface area (Å²) < 4.78 is 35.1. The van der Waals surface area contributed by atoms with Crippen molar-refractivity contribution < 1.29 is 13.2 Å². The van der Waals surface area contributed by atoms with Crippen LogP contribution in [0, 0.1) is 13.8 Å². The second kappa shape index (κ2) is 7.96. The molecule has 9 heteroatoms. The van der Waals surface area contributed by atoms with Crippen molar-refractivity contribution >= 4 is 15.7 Å². The predicted molar refractivity (Wildman–Crippen MR) is 112 cm³/mol. The lowest BCUT2D eigenvalue weighted by atomic mass is 10.2. The smallest absolute Gasteiger partial charge is 0.261 e. The van der Waals surface area contributed by atoms with Crippen LogP contribution in [0.3, 0.4) is 0 Å². The van der Waals surface area contributed by atoms with Crippen LogP contribution in [0.15, 0.2) is 78.0 Å². The first-order valence-corrected chi connectivity index (χ1v) is 10.6. The first-order valence-electron chi connectivity index (χ1n) is 9.12. The van der Waals surface area contributed by atoms with Gasteiger partial charge in [0.05, 0.1) is 4.90 Å². The largest absolute Gasteiger partial charge is 0.439 e. The van der Waals surface area contributed by atoms with E-state index in [9.17, 15) is 8.42 Å². The molecule has 0 atom stereocenters. The zero-order valence-electron chi connectivity index (χ0n) is 16.4. The van der Waals surface area contributed by atoms with Gasteiger partial charge in [-0.1, -0.05) is 12.1 Å².